The summed E-state index contributed by atoms with van der Waals surface area (Å²) in [6, 6.07) is 3.98. The van der Waals surface area contributed by atoms with E-state index in [-0.39, 0.29) is 0 Å². The Hall–Kier alpha value is -0.610. The number of aryl methyl sites for hydroxylation is 1. The zero-order chi connectivity index (χ0) is 11.1. The van der Waals surface area contributed by atoms with Crippen molar-refractivity contribution < 1.29 is 5.11 Å². The number of nitrogens with zero attached hydrogens (tertiary/aromatic N) is 2. The summed E-state index contributed by atoms with van der Waals surface area (Å²) < 4.78 is 1.03. The van der Waals surface area contributed by atoms with Crippen molar-refractivity contribution in [1.82, 2.24) is 4.98 Å². The Kier molecular flexibility index (Phi) is 2.73. The summed E-state index contributed by atoms with van der Waals surface area (Å²) >= 11 is 3.42. The summed E-state index contributed by atoms with van der Waals surface area (Å²) in [7, 11) is 0. The van der Waals surface area contributed by atoms with Crippen LogP contribution in [0.15, 0.2) is 16.6 Å². The van der Waals surface area contributed by atoms with E-state index in [0.717, 1.165) is 22.4 Å². The van der Waals surface area contributed by atoms with Crippen LogP contribution in [0.5, 0.6) is 0 Å². The first kappa shape index (κ1) is 10.9. The molecule has 0 radical (unpaired) electrons. The maximum Gasteiger partial charge on any atom is 0.129 e. The fourth-order valence-corrected chi connectivity index (χ4v) is 1.98. The molecule has 1 aromatic heterocycles. The van der Waals surface area contributed by atoms with Crippen LogP contribution in [0.1, 0.15) is 19.0 Å². The number of hydrogen-bond donors (Lipinski definition) is 1. The Labute approximate surface area is 98.3 Å². The molecule has 0 bridgehead atoms. The minimum atomic E-state index is -0.497. The number of halogens is 1. The van der Waals surface area contributed by atoms with E-state index in [4.69, 9.17) is 0 Å². The highest BCUT2D eigenvalue weighted by Crippen LogP contribution is 2.29. The zero-order valence-corrected chi connectivity index (χ0v) is 10.6. The molecular formula is C11H15BrN2O. The number of aromatic nitrogens is 1. The van der Waals surface area contributed by atoms with Crippen molar-refractivity contribution in [2.24, 2.45) is 0 Å². The van der Waals surface area contributed by atoms with Crippen LogP contribution in [0.4, 0.5) is 5.82 Å². The van der Waals surface area contributed by atoms with Crippen LogP contribution >= 0.6 is 15.9 Å². The average Bonchev–Trinajstić information content (AvgIpc) is 2.18. The van der Waals surface area contributed by atoms with Crippen LogP contribution in [0, 0.1) is 6.92 Å². The van der Waals surface area contributed by atoms with Crippen LogP contribution in [0.3, 0.4) is 0 Å². The monoisotopic (exact) mass is 270 g/mol. The van der Waals surface area contributed by atoms with Crippen LogP contribution in [0.2, 0.25) is 0 Å². The lowest BCUT2D eigenvalue weighted by molar-refractivity contribution is 0.00805. The van der Waals surface area contributed by atoms with E-state index >= 15 is 0 Å². The average molecular weight is 271 g/mol. The Morgan fingerprint density at radius 1 is 1.53 bits per heavy atom. The third-order valence-electron chi connectivity index (χ3n) is 2.96. The van der Waals surface area contributed by atoms with Gasteiger partial charge in [0.25, 0.3) is 0 Å². The molecule has 0 aliphatic carbocycles. The highest BCUT2D eigenvalue weighted by Gasteiger charge is 2.40. The van der Waals surface area contributed by atoms with Crippen molar-refractivity contribution in [3.05, 3.63) is 22.3 Å². The predicted molar refractivity (Wildman–Crippen MR) is 64.1 cm³/mol. The van der Waals surface area contributed by atoms with Crippen molar-refractivity contribution in [3.63, 3.8) is 0 Å². The van der Waals surface area contributed by atoms with Gasteiger partial charge < -0.3 is 10.0 Å². The number of aliphatic hydroxyl groups is 1. The summed E-state index contributed by atoms with van der Waals surface area (Å²) in [4.78, 5) is 6.56. The number of β-amino-alcohol motifs (C(OH)–C–C–N with tert-alkyl or cyclic N) is 1. The van der Waals surface area contributed by atoms with Crippen LogP contribution in [-0.4, -0.2) is 28.8 Å². The third kappa shape index (κ3) is 2.01. The smallest absolute Gasteiger partial charge is 0.129 e. The van der Waals surface area contributed by atoms with Gasteiger partial charge in [-0.1, -0.05) is 6.92 Å². The molecule has 1 fully saturated rings. The first-order valence-corrected chi connectivity index (χ1v) is 5.94. The summed E-state index contributed by atoms with van der Waals surface area (Å²) in [5, 5.41) is 9.90. The standard InChI is InChI=1S/C11H15BrN2O/c1-3-11(15)6-14(7-11)10-5-4-9(12)8(2)13-10/h4-5,15H,3,6-7H2,1-2H3. The first-order valence-electron chi connectivity index (χ1n) is 5.14. The molecule has 0 unspecified atom stereocenters. The molecule has 1 aliphatic rings. The van der Waals surface area contributed by atoms with Gasteiger partial charge in [-0.25, -0.2) is 4.98 Å². The van der Waals surface area contributed by atoms with Gasteiger partial charge in [0.05, 0.1) is 11.3 Å². The molecular weight excluding hydrogens is 256 g/mol. The quantitative estimate of drug-likeness (QED) is 0.895. The Balaban J connectivity index is 2.10. The van der Waals surface area contributed by atoms with Gasteiger partial charge in [0.1, 0.15) is 5.82 Å². The largest absolute Gasteiger partial charge is 0.386 e. The SMILES string of the molecule is CCC1(O)CN(c2ccc(Br)c(C)n2)C1. The van der Waals surface area contributed by atoms with E-state index in [0.29, 0.717) is 13.1 Å². The van der Waals surface area contributed by atoms with Crippen molar-refractivity contribution in [2.45, 2.75) is 25.9 Å². The normalized spacial score (nSPS) is 18.8. The van der Waals surface area contributed by atoms with E-state index in [2.05, 4.69) is 25.8 Å². The van der Waals surface area contributed by atoms with Gasteiger partial charge in [0.15, 0.2) is 0 Å². The third-order valence-corrected chi connectivity index (χ3v) is 3.80. The van der Waals surface area contributed by atoms with Crippen molar-refractivity contribution >= 4 is 21.7 Å². The number of rotatable bonds is 2. The molecule has 4 heteroatoms. The lowest BCUT2D eigenvalue weighted by Gasteiger charge is -2.46. The fraction of sp³-hybridized carbons (Fsp3) is 0.545. The van der Waals surface area contributed by atoms with Gasteiger partial charge in [-0.15, -0.1) is 0 Å². The topological polar surface area (TPSA) is 36.4 Å². The van der Waals surface area contributed by atoms with Crippen LogP contribution in [-0.2, 0) is 0 Å². The lowest BCUT2D eigenvalue weighted by atomic mass is 9.91. The predicted octanol–water partition coefficient (Wildman–Crippen LogP) is 2.11. The Morgan fingerprint density at radius 3 is 2.73 bits per heavy atom. The summed E-state index contributed by atoms with van der Waals surface area (Å²) in [6.45, 7) is 5.37. The molecule has 1 aromatic rings. The van der Waals surface area contributed by atoms with E-state index in [1.807, 2.05) is 26.0 Å². The van der Waals surface area contributed by atoms with Crippen molar-refractivity contribution in [2.75, 3.05) is 18.0 Å². The molecule has 1 N–H and O–H groups in total. The first-order chi connectivity index (χ1) is 7.04. The van der Waals surface area contributed by atoms with Crippen molar-refractivity contribution in [3.8, 4) is 0 Å². The molecule has 1 aliphatic heterocycles. The molecule has 3 nitrogen and oxygen atoms in total. The molecule has 2 rings (SSSR count). The van der Waals surface area contributed by atoms with Gasteiger partial charge in [-0.05, 0) is 41.4 Å². The highest BCUT2D eigenvalue weighted by molar-refractivity contribution is 9.10. The maximum atomic E-state index is 9.90. The molecule has 0 amide bonds. The molecule has 0 aromatic carbocycles. The van der Waals surface area contributed by atoms with E-state index in [9.17, 15) is 5.11 Å². The van der Waals surface area contributed by atoms with Crippen LogP contribution < -0.4 is 4.90 Å². The Morgan fingerprint density at radius 2 is 2.20 bits per heavy atom. The molecule has 1 saturated heterocycles. The molecule has 15 heavy (non-hydrogen) atoms. The van der Waals surface area contributed by atoms with Gasteiger partial charge >= 0.3 is 0 Å². The number of pyridine rings is 1. The fourth-order valence-electron chi connectivity index (χ4n) is 1.76. The van der Waals surface area contributed by atoms with Gasteiger partial charge in [0, 0.05) is 17.6 Å². The van der Waals surface area contributed by atoms with Crippen molar-refractivity contribution in [1.29, 1.82) is 0 Å². The zero-order valence-electron chi connectivity index (χ0n) is 9.00. The molecule has 2 heterocycles. The van der Waals surface area contributed by atoms with Crippen LogP contribution in [0.25, 0.3) is 0 Å². The summed E-state index contributed by atoms with van der Waals surface area (Å²) in [5.74, 6) is 0.953. The maximum absolute atomic E-state index is 9.90. The Bertz CT molecular complexity index is 375. The van der Waals surface area contributed by atoms with E-state index in [1.54, 1.807) is 0 Å². The molecule has 0 saturated carbocycles. The van der Waals surface area contributed by atoms with E-state index in [1.165, 1.54) is 0 Å². The molecule has 0 spiro atoms. The second-order valence-electron chi connectivity index (χ2n) is 4.17. The minimum Gasteiger partial charge on any atom is -0.386 e. The molecule has 0 atom stereocenters. The highest BCUT2D eigenvalue weighted by atomic mass is 79.9. The summed E-state index contributed by atoms with van der Waals surface area (Å²) in [5.41, 5.74) is 0.488. The number of hydrogen-bond acceptors (Lipinski definition) is 3. The second-order valence-corrected chi connectivity index (χ2v) is 5.02. The van der Waals surface area contributed by atoms with Gasteiger partial charge in [-0.2, -0.15) is 0 Å². The van der Waals surface area contributed by atoms with E-state index < -0.39 is 5.60 Å². The lowest BCUT2D eigenvalue weighted by Crippen LogP contribution is -2.61. The van der Waals surface area contributed by atoms with Gasteiger partial charge in [-0.3, -0.25) is 0 Å². The number of anilines is 1. The summed E-state index contributed by atoms with van der Waals surface area (Å²) in [6.07, 6.45) is 0.805. The second kappa shape index (κ2) is 3.76. The molecule has 82 valence electrons. The van der Waals surface area contributed by atoms with Gasteiger partial charge in [0.2, 0.25) is 0 Å². The minimum absolute atomic E-state index is 0.497.